The van der Waals surface area contributed by atoms with Crippen LogP contribution in [0.15, 0.2) is 36.4 Å². The van der Waals surface area contributed by atoms with E-state index in [0.717, 1.165) is 0 Å². The lowest BCUT2D eigenvalue weighted by atomic mass is 10.1. The lowest BCUT2D eigenvalue weighted by molar-refractivity contribution is -0.385. The van der Waals surface area contributed by atoms with Crippen LogP contribution in [0.3, 0.4) is 0 Å². The fourth-order valence-corrected chi connectivity index (χ4v) is 1.71. The molecule has 0 radical (unpaired) electrons. The Bertz CT molecular complexity index is 728. The summed E-state index contributed by atoms with van der Waals surface area (Å²) in [5.41, 5.74) is 0.415. The summed E-state index contributed by atoms with van der Waals surface area (Å²) in [5, 5.41) is 22.4. The lowest BCUT2D eigenvalue weighted by Crippen LogP contribution is -1.96. The molecule has 2 aromatic rings. The van der Waals surface area contributed by atoms with Gasteiger partial charge >= 0.3 is 0 Å². The van der Waals surface area contributed by atoms with Crippen molar-refractivity contribution in [3.8, 4) is 6.07 Å². The molecule has 0 atom stereocenters. The Morgan fingerprint density at radius 2 is 1.90 bits per heavy atom. The predicted molar refractivity (Wildman–Crippen MR) is 72.5 cm³/mol. The maximum atomic E-state index is 13.3. The molecule has 0 aliphatic heterocycles. The van der Waals surface area contributed by atoms with Gasteiger partial charge in [-0.05, 0) is 30.3 Å². The van der Waals surface area contributed by atoms with E-state index < -0.39 is 10.7 Å². The summed E-state index contributed by atoms with van der Waals surface area (Å²) >= 11 is 5.56. The molecule has 0 fully saturated rings. The predicted octanol–water partition coefficient (Wildman–Crippen LogP) is 4.00. The first kappa shape index (κ1) is 13.8. The van der Waals surface area contributed by atoms with Crippen molar-refractivity contribution in [2.45, 2.75) is 0 Å². The second-order valence-corrected chi connectivity index (χ2v) is 4.26. The van der Waals surface area contributed by atoms with E-state index in [2.05, 4.69) is 5.32 Å². The molecule has 2 aromatic carbocycles. The second-order valence-electron chi connectivity index (χ2n) is 3.85. The number of nitro groups is 1. The molecule has 0 spiro atoms. The third-order valence-electron chi connectivity index (χ3n) is 2.52. The lowest BCUT2D eigenvalue weighted by Gasteiger charge is -2.07. The SMILES string of the molecule is N#Cc1ccc(Nc2ccc(Cl)c(F)c2)cc1[N+](=O)[O-]. The van der Waals surface area contributed by atoms with E-state index in [1.165, 1.54) is 36.4 Å². The van der Waals surface area contributed by atoms with E-state index in [0.29, 0.717) is 11.4 Å². The topological polar surface area (TPSA) is 79.0 Å². The molecule has 0 saturated heterocycles. The van der Waals surface area contributed by atoms with E-state index in [9.17, 15) is 14.5 Å². The summed E-state index contributed by atoms with van der Waals surface area (Å²) in [4.78, 5) is 10.2. The summed E-state index contributed by atoms with van der Waals surface area (Å²) in [6.45, 7) is 0. The molecule has 0 amide bonds. The van der Waals surface area contributed by atoms with Gasteiger partial charge in [-0.2, -0.15) is 5.26 Å². The Morgan fingerprint density at radius 3 is 2.50 bits per heavy atom. The number of hydrogen-bond donors (Lipinski definition) is 1. The maximum Gasteiger partial charge on any atom is 0.289 e. The number of nitrogens with one attached hydrogen (secondary N) is 1. The van der Waals surface area contributed by atoms with E-state index >= 15 is 0 Å². The van der Waals surface area contributed by atoms with Crippen LogP contribution in [0.5, 0.6) is 0 Å². The van der Waals surface area contributed by atoms with Crippen LogP contribution in [-0.2, 0) is 0 Å². The normalized spacial score (nSPS) is 9.85. The molecular formula is C13H7ClFN3O2. The molecule has 1 N–H and O–H groups in total. The minimum Gasteiger partial charge on any atom is -0.355 e. The van der Waals surface area contributed by atoms with Crippen molar-refractivity contribution in [1.82, 2.24) is 0 Å². The van der Waals surface area contributed by atoms with Gasteiger partial charge in [0.05, 0.1) is 9.95 Å². The van der Waals surface area contributed by atoms with Crippen LogP contribution >= 0.6 is 11.6 Å². The Hall–Kier alpha value is -2.65. The molecule has 0 bridgehead atoms. The highest BCUT2D eigenvalue weighted by atomic mass is 35.5. The quantitative estimate of drug-likeness (QED) is 0.684. The van der Waals surface area contributed by atoms with Crippen molar-refractivity contribution < 1.29 is 9.31 Å². The van der Waals surface area contributed by atoms with Crippen molar-refractivity contribution in [3.05, 3.63) is 62.9 Å². The summed E-state index contributed by atoms with van der Waals surface area (Å²) < 4.78 is 13.3. The number of nitrogens with zero attached hydrogens (tertiary/aromatic N) is 2. The van der Waals surface area contributed by atoms with Crippen molar-refractivity contribution >= 4 is 28.7 Å². The van der Waals surface area contributed by atoms with Gasteiger partial charge in [-0.25, -0.2) is 4.39 Å². The molecular weight excluding hydrogens is 285 g/mol. The van der Waals surface area contributed by atoms with Gasteiger partial charge in [0.15, 0.2) is 0 Å². The average Bonchev–Trinajstić information content (AvgIpc) is 2.43. The van der Waals surface area contributed by atoms with Gasteiger partial charge in [0.25, 0.3) is 5.69 Å². The number of hydrogen-bond acceptors (Lipinski definition) is 4. The Morgan fingerprint density at radius 1 is 1.25 bits per heavy atom. The molecule has 0 heterocycles. The smallest absolute Gasteiger partial charge is 0.289 e. The Labute approximate surface area is 118 Å². The van der Waals surface area contributed by atoms with E-state index in [1.54, 1.807) is 6.07 Å². The maximum absolute atomic E-state index is 13.3. The van der Waals surface area contributed by atoms with Crippen LogP contribution in [0.2, 0.25) is 5.02 Å². The van der Waals surface area contributed by atoms with E-state index in [1.807, 2.05) is 0 Å². The zero-order valence-corrected chi connectivity index (χ0v) is 10.7. The van der Waals surface area contributed by atoms with Crippen LogP contribution in [-0.4, -0.2) is 4.92 Å². The molecule has 100 valence electrons. The van der Waals surface area contributed by atoms with Gasteiger partial charge < -0.3 is 5.32 Å². The average molecular weight is 292 g/mol. The summed E-state index contributed by atoms with van der Waals surface area (Å²) in [6, 6.07) is 9.86. The largest absolute Gasteiger partial charge is 0.355 e. The van der Waals surface area contributed by atoms with Gasteiger partial charge in [-0.1, -0.05) is 11.6 Å². The van der Waals surface area contributed by atoms with E-state index in [4.69, 9.17) is 16.9 Å². The molecule has 0 unspecified atom stereocenters. The molecule has 7 heteroatoms. The zero-order valence-electron chi connectivity index (χ0n) is 9.93. The van der Waals surface area contributed by atoms with Gasteiger partial charge in [0.1, 0.15) is 17.4 Å². The number of nitro benzene ring substituents is 1. The first-order valence-corrected chi connectivity index (χ1v) is 5.79. The number of halogens is 2. The Balaban J connectivity index is 2.34. The summed E-state index contributed by atoms with van der Waals surface area (Å²) in [5.74, 6) is -0.597. The summed E-state index contributed by atoms with van der Waals surface area (Å²) in [6.07, 6.45) is 0. The van der Waals surface area contributed by atoms with Gasteiger partial charge in [0, 0.05) is 17.4 Å². The zero-order chi connectivity index (χ0) is 14.7. The first-order valence-electron chi connectivity index (χ1n) is 5.42. The number of nitriles is 1. The van der Waals surface area contributed by atoms with Crippen LogP contribution in [0.25, 0.3) is 0 Å². The standard InChI is InChI=1S/C13H7ClFN3O2/c14-11-4-3-9(5-12(11)15)17-10-2-1-8(7-16)13(6-10)18(19)20/h1-6,17H. The van der Waals surface area contributed by atoms with Crippen molar-refractivity contribution in [3.63, 3.8) is 0 Å². The fourth-order valence-electron chi connectivity index (χ4n) is 1.60. The molecule has 20 heavy (non-hydrogen) atoms. The van der Waals surface area contributed by atoms with Crippen molar-refractivity contribution in [2.75, 3.05) is 5.32 Å². The molecule has 5 nitrogen and oxygen atoms in total. The molecule has 2 rings (SSSR count). The third kappa shape index (κ3) is 2.84. The molecule has 0 aliphatic rings. The van der Waals surface area contributed by atoms with Gasteiger partial charge in [0.2, 0.25) is 0 Å². The van der Waals surface area contributed by atoms with Gasteiger partial charge in [-0.3, -0.25) is 10.1 Å². The number of anilines is 2. The van der Waals surface area contributed by atoms with Crippen LogP contribution in [0, 0.1) is 27.3 Å². The minimum atomic E-state index is -0.647. The van der Waals surface area contributed by atoms with Crippen LogP contribution in [0.4, 0.5) is 21.5 Å². The second kappa shape index (κ2) is 5.55. The molecule has 0 aliphatic carbocycles. The summed E-state index contributed by atoms with van der Waals surface area (Å²) in [7, 11) is 0. The highest BCUT2D eigenvalue weighted by molar-refractivity contribution is 6.30. The van der Waals surface area contributed by atoms with Crippen LogP contribution in [0.1, 0.15) is 5.56 Å². The molecule has 0 saturated carbocycles. The van der Waals surface area contributed by atoms with Crippen molar-refractivity contribution in [1.29, 1.82) is 5.26 Å². The number of benzene rings is 2. The number of rotatable bonds is 3. The minimum absolute atomic E-state index is 0.0126. The monoisotopic (exact) mass is 291 g/mol. The fraction of sp³-hybridized carbons (Fsp3) is 0. The first-order chi connectivity index (χ1) is 9.51. The van der Waals surface area contributed by atoms with E-state index in [-0.39, 0.29) is 16.3 Å². The third-order valence-corrected chi connectivity index (χ3v) is 2.83. The van der Waals surface area contributed by atoms with Gasteiger partial charge in [-0.15, -0.1) is 0 Å². The highest BCUT2D eigenvalue weighted by Gasteiger charge is 2.14. The van der Waals surface area contributed by atoms with Crippen LogP contribution < -0.4 is 5.32 Å². The molecule has 0 aromatic heterocycles. The van der Waals surface area contributed by atoms with Crippen molar-refractivity contribution in [2.24, 2.45) is 0 Å². The highest BCUT2D eigenvalue weighted by Crippen LogP contribution is 2.26. The Kier molecular flexibility index (Phi) is 3.82.